The predicted molar refractivity (Wildman–Crippen MR) is 110 cm³/mol. The average Bonchev–Trinajstić information content (AvgIpc) is 2.62. The number of carbonyl (C=O) groups excluding carboxylic acids is 2. The SMILES string of the molecule is COC(=O)C(C)(C)CCS(=O)c1ccc(S(=O)CCC(C)(C)OC(C)=O)cc1. The van der Waals surface area contributed by atoms with Crippen LogP contribution in [0.15, 0.2) is 34.1 Å². The molecule has 1 aromatic carbocycles. The Bertz CT molecular complexity index is 738. The summed E-state index contributed by atoms with van der Waals surface area (Å²) in [7, 11) is -1.16. The lowest BCUT2D eigenvalue weighted by atomic mass is 9.91. The molecule has 0 spiro atoms. The van der Waals surface area contributed by atoms with Crippen LogP contribution >= 0.6 is 0 Å². The second-order valence-corrected chi connectivity index (χ2v) is 10.9. The maximum atomic E-state index is 12.5. The molecule has 6 nitrogen and oxygen atoms in total. The highest BCUT2D eigenvalue weighted by atomic mass is 32.2. The monoisotopic (exact) mass is 430 g/mol. The molecule has 0 saturated carbocycles. The topological polar surface area (TPSA) is 86.7 Å². The maximum Gasteiger partial charge on any atom is 0.311 e. The van der Waals surface area contributed by atoms with Gasteiger partial charge in [-0.05, 0) is 64.8 Å². The van der Waals surface area contributed by atoms with E-state index in [1.165, 1.54) is 14.0 Å². The van der Waals surface area contributed by atoms with Crippen LogP contribution in [0, 0.1) is 5.41 Å². The highest BCUT2D eigenvalue weighted by Gasteiger charge is 2.29. The van der Waals surface area contributed by atoms with E-state index in [9.17, 15) is 18.0 Å². The van der Waals surface area contributed by atoms with Crippen molar-refractivity contribution in [3.63, 3.8) is 0 Å². The highest BCUT2D eigenvalue weighted by Crippen LogP contribution is 2.24. The Kier molecular flexibility index (Phi) is 9.01. The van der Waals surface area contributed by atoms with Gasteiger partial charge in [0.05, 0.1) is 34.1 Å². The first-order valence-electron chi connectivity index (χ1n) is 9.03. The lowest BCUT2D eigenvalue weighted by molar-refractivity contribution is -0.153. The molecule has 0 fully saturated rings. The molecule has 8 heteroatoms. The molecule has 0 aromatic heterocycles. The molecule has 28 heavy (non-hydrogen) atoms. The Morgan fingerprint density at radius 2 is 1.32 bits per heavy atom. The molecule has 0 heterocycles. The quantitative estimate of drug-likeness (QED) is 0.530. The molecule has 2 atom stereocenters. The van der Waals surface area contributed by atoms with E-state index < -0.39 is 32.6 Å². The first-order chi connectivity index (χ1) is 12.9. The van der Waals surface area contributed by atoms with E-state index in [1.54, 1.807) is 52.0 Å². The summed E-state index contributed by atoms with van der Waals surface area (Å²) in [5, 5.41) is 0. The van der Waals surface area contributed by atoms with Gasteiger partial charge in [-0.3, -0.25) is 18.0 Å². The van der Waals surface area contributed by atoms with Gasteiger partial charge in [-0.2, -0.15) is 0 Å². The fourth-order valence-corrected chi connectivity index (χ4v) is 5.21. The van der Waals surface area contributed by atoms with Crippen molar-refractivity contribution in [1.82, 2.24) is 0 Å². The van der Waals surface area contributed by atoms with Crippen LogP contribution in [-0.2, 0) is 40.7 Å². The normalized spacial score (nSPS) is 14.2. The van der Waals surface area contributed by atoms with E-state index in [4.69, 9.17) is 9.47 Å². The summed E-state index contributed by atoms with van der Waals surface area (Å²) in [6, 6.07) is 6.80. The molecule has 0 amide bonds. The maximum absolute atomic E-state index is 12.5. The van der Waals surface area contributed by atoms with Crippen molar-refractivity contribution >= 4 is 33.5 Å². The summed E-state index contributed by atoms with van der Waals surface area (Å²) in [6.45, 7) is 8.45. The number of hydrogen-bond donors (Lipinski definition) is 0. The second kappa shape index (κ2) is 10.3. The molecule has 0 aliphatic heterocycles. The zero-order valence-electron chi connectivity index (χ0n) is 17.4. The fraction of sp³-hybridized carbons (Fsp3) is 0.600. The minimum atomic E-state index is -1.26. The molecule has 1 aromatic rings. The van der Waals surface area contributed by atoms with Gasteiger partial charge in [0.15, 0.2) is 0 Å². The minimum Gasteiger partial charge on any atom is -0.469 e. The molecule has 0 N–H and O–H groups in total. The van der Waals surface area contributed by atoms with Crippen LogP contribution in [0.1, 0.15) is 47.5 Å². The number of methoxy groups -OCH3 is 1. The molecule has 2 unspecified atom stereocenters. The molecule has 1 rings (SSSR count). The summed E-state index contributed by atoms with van der Waals surface area (Å²) >= 11 is 0. The van der Waals surface area contributed by atoms with E-state index in [0.717, 1.165) is 0 Å². The van der Waals surface area contributed by atoms with E-state index in [2.05, 4.69) is 0 Å². The van der Waals surface area contributed by atoms with Gasteiger partial charge >= 0.3 is 11.9 Å². The molecule has 0 aliphatic rings. The van der Waals surface area contributed by atoms with Crippen molar-refractivity contribution < 1.29 is 27.5 Å². The Morgan fingerprint density at radius 1 is 0.893 bits per heavy atom. The van der Waals surface area contributed by atoms with Crippen LogP contribution in [-0.4, -0.2) is 44.6 Å². The second-order valence-electron chi connectivity index (χ2n) is 7.80. The molecule has 0 radical (unpaired) electrons. The van der Waals surface area contributed by atoms with Crippen molar-refractivity contribution in [1.29, 1.82) is 0 Å². The van der Waals surface area contributed by atoms with Crippen molar-refractivity contribution in [2.24, 2.45) is 5.41 Å². The molecule has 0 bridgehead atoms. The van der Waals surface area contributed by atoms with Crippen LogP contribution in [0.3, 0.4) is 0 Å². The number of carbonyl (C=O) groups is 2. The Labute approximate surface area is 172 Å². The third-order valence-electron chi connectivity index (χ3n) is 4.31. The Morgan fingerprint density at radius 3 is 1.71 bits per heavy atom. The number of hydrogen-bond acceptors (Lipinski definition) is 6. The smallest absolute Gasteiger partial charge is 0.311 e. The van der Waals surface area contributed by atoms with Crippen molar-refractivity contribution in [3.05, 3.63) is 24.3 Å². The van der Waals surface area contributed by atoms with Gasteiger partial charge in [-0.15, -0.1) is 0 Å². The fourth-order valence-electron chi connectivity index (χ4n) is 2.48. The Balaban J connectivity index is 2.65. The number of ether oxygens (including phenoxy) is 2. The van der Waals surface area contributed by atoms with E-state index in [1.807, 2.05) is 0 Å². The zero-order valence-corrected chi connectivity index (χ0v) is 19.0. The summed E-state index contributed by atoms with van der Waals surface area (Å²) in [5.74, 6) is 0.00172. The van der Waals surface area contributed by atoms with Crippen molar-refractivity contribution in [2.45, 2.75) is 62.9 Å². The molecular formula is C20H30O6S2. The molecule has 0 saturated heterocycles. The first kappa shape index (κ1) is 24.5. The van der Waals surface area contributed by atoms with Gasteiger partial charge in [0.25, 0.3) is 0 Å². The lowest BCUT2D eigenvalue weighted by Gasteiger charge is -2.24. The van der Waals surface area contributed by atoms with E-state index in [0.29, 0.717) is 34.1 Å². The van der Waals surface area contributed by atoms with Gasteiger partial charge in [-0.1, -0.05) is 0 Å². The van der Waals surface area contributed by atoms with Crippen LogP contribution < -0.4 is 0 Å². The third kappa shape index (κ3) is 7.83. The van der Waals surface area contributed by atoms with Crippen molar-refractivity contribution in [3.8, 4) is 0 Å². The van der Waals surface area contributed by atoms with Gasteiger partial charge in [-0.25, -0.2) is 0 Å². The average molecular weight is 431 g/mol. The summed E-state index contributed by atoms with van der Waals surface area (Å²) in [5.41, 5.74) is -1.37. The Hall–Kier alpha value is -1.54. The molecular weight excluding hydrogens is 400 g/mol. The summed E-state index contributed by atoms with van der Waals surface area (Å²) in [6.07, 6.45) is 0.903. The zero-order chi connectivity index (χ0) is 21.5. The van der Waals surface area contributed by atoms with E-state index >= 15 is 0 Å². The van der Waals surface area contributed by atoms with Crippen molar-refractivity contribution in [2.75, 3.05) is 18.6 Å². The standard InChI is InChI=1S/C20H30O6S2/c1-15(21)26-20(4,5)12-14-28(24)17-9-7-16(8-10-17)27(23)13-11-19(2,3)18(22)25-6/h7-10H,11-14H2,1-6H3. The predicted octanol–water partition coefficient (Wildman–Crippen LogP) is 3.22. The lowest BCUT2D eigenvalue weighted by Crippen LogP contribution is -2.28. The van der Waals surface area contributed by atoms with Crippen LogP contribution in [0.2, 0.25) is 0 Å². The number of esters is 2. The summed E-state index contributed by atoms with van der Waals surface area (Å²) in [4.78, 5) is 24.1. The minimum absolute atomic E-state index is 0.327. The van der Waals surface area contributed by atoms with Gasteiger partial charge in [0.2, 0.25) is 0 Å². The number of benzene rings is 1. The molecule has 158 valence electrons. The first-order valence-corrected chi connectivity index (χ1v) is 11.7. The van der Waals surface area contributed by atoms with Gasteiger partial charge < -0.3 is 9.47 Å². The van der Waals surface area contributed by atoms with Crippen LogP contribution in [0.4, 0.5) is 0 Å². The number of rotatable bonds is 10. The largest absolute Gasteiger partial charge is 0.469 e. The van der Waals surface area contributed by atoms with E-state index in [-0.39, 0.29) is 11.9 Å². The third-order valence-corrected chi connectivity index (χ3v) is 7.06. The van der Waals surface area contributed by atoms with Crippen LogP contribution in [0.25, 0.3) is 0 Å². The van der Waals surface area contributed by atoms with Gasteiger partial charge in [0, 0.05) is 28.2 Å². The van der Waals surface area contributed by atoms with Gasteiger partial charge in [0.1, 0.15) is 5.60 Å². The molecule has 0 aliphatic carbocycles. The summed E-state index contributed by atoms with van der Waals surface area (Å²) < 4.78 is 34.9. The van der Waals surface area contributed by atoms with Crippen LogP contribution in [0.5, 0.6) is 0 Å². The highest BCUT2D eigenvalue weighted by molar-refractivity contribution is 7.85.